The molecule has 0 radical (unpaired) electrons. The van der Waals surface area contributed by atoms with Crippen LogP contribution in [0.1, 0.15) is 361 Å². The van der Waals surface area contributed by atoms with Crippen molar-refractivity contribution in [2.75, 3.05) is 13.2 Å². The van der Waals surface area contributed by atoms with Gasteiger partial charge >= 0.3 is 17.9 Å². The first-order chi connectivity index (χ1) is 35.5. The van der Waals surface area contributed by atoms with Gasteiger partial charge in [0, 0.05) is 19.3 Å². The largest absolute Gasteiger partial charge is 0.462 e. The molecule has 0 fully saturated rings. The molecule has 0 aromatic heterocycles. The summed E-state index contributed by atoms with van der Waals surface area (Å²) in [6, 6.07) is 0. The van der Waals surface area contributed by atoms with Gasteiger partial charge in [-0.1, -0.05) is 315 Å². The van der Waals surface area contributed by atoms with Crippen molar-refractivity contribution in [3.8, 4) is 0 Å². The number of allylic oxidation sites excluding steroid dienone is 4. The minimum Gasteiger partial charge on any atom is -0.462 e. The summed E-state index contributed by atoms with van der Waals surface area (Å²) in [5.74, 6) is -0.854. The maximum Gasteiger partial charge on any atom is 0.306 e. The first-order valence-corrected chi connectivity index (χ1v) is 32.3. The maximum absolute atomic E-state index is 12.9. The molecule has 6 nitrogen and oxygen atoms in total. The van der Waals surface area contributed by atoms with Crippen molar-refractivity contribution in [2.24, 2.45) is 0 Å². The fourth-order valence-corrected chi connectivity index (χ4v) is 9.83. The van der Waals surface area contributed by atoms with Crippen LogP contribution in [0.2, 0.25) is 0 Å². The Balaban J connectivity index is 4.32. The lowest BCUT2D eigenvalue weighted by Gasteiger charge is -2.18. The van der Waals surface area contributed by atoms with Crippen LogP contribution in [-0.4, -0.2) is 37.2 Å². The topological polar surface area (TPSA) is 78.9 Å². The Bertz CT molecular complexity index is 1160. The SMILES string of the molecule is CCCCCC/C=C\C/C=C\CCCCCCCC(=O)OCC(COC(=O)CCCCCCCCCCCCCCCCCCCCC)OC(=O)CCCCCCCCCCCCCCCCCCCCC. The third kappa shape index (κ3) is 58.8. The molecule has 424 valence electrons. The molecule has 0 aliphatic heterocycles. The van der Waals surface area contributed by atoms with Gasteiger partial charge in [0.15, 0.2) is 6.10 Å². The Hall–Kier alpha value is -2.11. The monoisotopic (exact) mass is 1010 g/mol. The first kappa shape index (κ1) is 69.9. The van der Waals surface area contributed by atoms with E-state index in [1.165, 1.54) is 244 Å². The van der Waals surface area contributed by atoms with E-state index in [4.69, 9.17) is 14.2 Å². The lowest BCUT2D eigenvalue weighted by molar-refractivity contribution is -0.167. The number of hydrogen-bond acceptors (Lipinski definition) is 6. The smallest absolute Gasteiger partial charge is 0.306 e. The molecule has 0 spiro atoms. The van der Waals surface area contributed by atoms with Crippen molar-refractivity contribution in [2.45, 2.75) is 367 Å². The molecule has 0 aliphatic carbocycles. The molecule has 72 heavy (non-hydrogen) atoms. The molecule has 0 amide bonds. The summed E-state index contributed by atoms with van der Waals surface area (Å²) in [5.41, 5.74) is 0. The maximum atomic E-state index is 12.9. The number of ether oxygens (including phenoxy) is 3. The second-order valence-electron chi connectivity index (χ2n) is 22.0. The summed E-state index contributed by atoms with van der Waals surface area (Å²) in [7, 11) is 0. The summed E-state index contributed by atoms with van der Waals surface area (Å²) < 4.78 is 17.0. The molecule has 6 heteroatoms. The molecule has 0 N–H and O–H groups in total. The van der Waals surface area contributed by atoms with Crippen molar-refractivity contribution in [3.63, 3.8) is 0 Å². The predicted octanol–water partition coefficient (Wildman–Crippen LogP) is 21.8. The fraction of sp³-hybridized carbons (Fsp3) is 0.894. The highest BCUT2D eigenvalue weighted by Gasteiger charge is 2.19. The molecule has 1 unspecified atom stereocenters. The highest BCUT2D eigenvalue weighted by atomic mass is 16.6. The summed E-state index contributed by atoms with van der Waals surface area (Å²) >= 11 is 0. The number of carbonyl (C=O) groups is 3. The van der Waals surface area contributed by atoms with Crippen LogP contribution in [0.5, 0.6) is 0 Å². The lowest BCUT2D eigenvalue weighted by Crippen LogP contribution is -2.30. The second kappa shape index (κ2) is 61.4. The highest BCUT2D eigenvalue weighted by Crippen LogP contribution is 2.18. The van der Waals surface area contributed by atoms with Gasteiger partial charge < -0.3 is 14.2 Å². The third-order valence-corrected chi connectivity index (χ3v) is 14.7. The van der Waals surface area contributed by atoms with Crippen LogP contribution in [0.25, 0.3) is 0 Å². The van der Waals surface area contributed by atoms with Crippen molar-refractivity contribution >= 4 is 17.9 Å². The van der Waals surface area contributed by atoms with E-state index in [1.54, 1.807) is 0 Å². The van der Waals surface area contributed by atoms with E-state index in [0.717, 1.165) is 77.0 Å². The lowest BCUT2D eigenvalue weighted by atomic mass is 10.0. The van der Waals surface area contributed by atoms with Crippen molar-refractivity contribution in [1.29, 1.82) is 0 Å². The normalized spacial score (nSPS) is 12.1. The molecule has 0 aromatic rings. The fourth-order valence-electron chi connectivity index (χ4n) is 9.83. The van der Waals surface area contributed by atoms with Gasteiger partial charge in [-0.05, 0) is 51.4 Å². The van der Waals surface area contributed by atoms with Gasteiger partial charge in [-0.2, -0.15) is 0 Å². The van der Waals surface area contributed by atoms with Crippen LogP contribution in [0.15, 0.2) is 24.3 Å². The van der Waals surface area contributed by atoms with Crippen LogP contribution in [0, 0.1) is 0 Å². The first-order valence-electron chi connectivity index (χ1n) is 32.3. The number of esters is 3. The van der Waals surface area contributed by atoms with Crippen molar-refractivity contribution in [3.05, 3.63) is 24.3 Å². The quantitative estimate of drug-likeness (QED) is 0.0261. The van der Waals surface area contributed by atoms with Gasteiger partial charge in [0.25, 0.3) is 0 Å². The zero-order chi connectivity index (χ0) is 52.2. The summed E-state index contributed by atoms with van der Waals surface area (Å²) in [6.07, 6.45) is 73.2. The number of unbranched alkanes of at least 4 members (excludes halogenated alkanes) is 45. The minimum atomic E-state index is -0.773. The van der Waals surface area contributed by atoms with Crippen LogP contribution in [0.4, 0.5) is 0 Å². The number of hydrogen-bond donors (Lipinski definition) is 0. The Kier molecular flexibility index (Phi) is 59.6. The van der Waals surface area contributed by atoms with Crippen LogP contribution < -0.4 is 0 Å². The average molecular weight is 1010 g/mol. The van der Waals surface area contributed by atoms with Crippen LogP contribution in [-0.2, 0) is 28.6 Å². The second-order valence-corrected chi connectivity index (χ2v) is 22.0. The Labute approximate surface area is 449 Å². The van der Waals surface area contributed by atoms with Gasteiger partial charge in [0.05, 0.1) is 0 Å². The molecule has 0 heterocycles. The van der Waals surface area contributed by atoms with E-state index in [9.17, 15) is 14.4 Å². The minimum absolute atomic E-state index is 0.0695. The van der Waals surface area contributed by atoms with Gasteiger partial charge in [-0.15, -0.1) is 0 Å². The molecule has 0 aliphatic rings. The molecule has 0 rings (SSSR count). The average Bonchev–Trinajstić information content (AvgIpc) is 3.38. The van der Waals surface area contributed by atoms with Crippen LogP contribution in [0.3, 0.4) is 0 Å². The standard InChI is InChI=1S/C66H124O6/c1-4-7-10-13-16-19-22-25-28-31-33-35-38-41-44-47-50-53-56-59-65(68)71-62-63(61-70-64(67)58-55-52-49-46-43-40-37-30-27-24-21-18-15-12-9-6-3)72-66(69)60-57-54-51-48-45-42-39-36-34-32-29-26-23-20-17-14-11-8-5-2/h21,24,30,37,63H,4-20,22-23,25-29,31-36,38-62H2,1-3H3/b24-21-,37-30-. The van der Waals surface area contributed by atoms with Gasteiger partial charge in [0.2, 0.25) is 0 Å². The molecular weight excluding hydrogens is 889 g/mol. The summed E-state index contributed by atoms with van der Waals surface area (Å²) in [6.45, 7) is 6.69. The Morgan fingerprint density at radius 2 is 0.500 bits per heavy atom. The van der Waals surface area contributed by atoms with E-state index in [0.29, 0.717) is 19.3 Å². The number of carbonyl (C=O) groups excluding carboxylic acids is 3. The molecule has 0 saturated carbocycles. The van der Waals surface area contributed by atoms with E-state index in [1.807, 2.05) is 0 Å². The molecule has 0 aromatic carbocycles. The van der Waals surface area contributed by atoms with E-state index in [-0.39, 0.29) is 31.1 Å². The molecule has 0 saturated heterocycles. The van der Waals surface area contributed by atoms with E-state index >= 15 is 0 Å². The molecular formula is C66H124O6. The van der Waals surface area contributed by atoms with Crippen molar-refractivity contribution in [1.82, 2.24) is 0 Å². The van der Waals surface area contributed by atoms with E-state index < -0.39 is 6.10 Å². The van der Waals surface area contributed by atoms with Gasteiger partial charge in [0.1, 0.15) is 13.2 Å². The van der Waals surface area contributed by atoms with Crippen LogP contribution >= 0.6 is 0 Å². The van der Waals surface area contributed by atoms with Gasteiger partial charge in [-0.25, -0.2) is 0 Å². The summed E-state index contributed by atoms with van der Waals surface area (Å²) in [5, 5.41) is 0. The molecule has 1 atom stereocenters. The van der Waals surface area contributed by atoms with Crippen molar-refractivity contribution < 1.29 is 28.6 Å². The number of rotatable bonds is 60. The zero-order valence-electron chi connectivity index (χ0n) is 48.7. The zero-order valence-corrected chi connectivity index (χ0v) is 48.7. The Morgan fingerprint density at radius 3 is 0.778 bits per heavy atom. The summed E-state index contributed by atoms with van der Waals surface area (Å²) in [4.78, 5) is 38.3. The van der Waals surface area contributed by atoms with E-state index in [2.05, 4.69) is 45.1 Å². The molecule has 0 bridgehead atoms. The Morgan fingerprint density at radius 1 is 0.278 bits per heavy atom. The highest BCUT2D eigenvalue weighted by molar-refractivity contribution is 5.71. The van der Waals surface area contributed by atoms with Gasteiger partial charge in [-0.3, -0.25) is 14.4 Å². The third-order valence-electron chi connectivity index (χ3n) is 14.7. The predicted molar refractivity (Wildman–Crippen MR) is 312 cm³/mol.